The summed E-state index contributed by atoms with van der Waals surface area (Å²) in [4.78, 5) is 0.494. The van der Waals surface area contributed by atoms with Gasteiger partial charge in [-0.05, 0) is 48.5 Å². The van der Waals surface area contributed by atoms with Crippen LogP contribution in [0, 0.1) is 0 Å². The van der Waals surface area contributed by atoms with E-state index < -0.39 is 15.8 Å². The highest BCUT2D eigenvalue weighted by Crippen LogP contribution is 2.27. The second-order valence-corrected chi connectivity index (χ2v) is 7.62. The third-order valence-corrected chi connectivity index (χ3v) is 5.10. The van der Waals surface area contributed by atoms with Gasteiger partial charge in [-0.1, -0.05) is 27.7 Å². The Morgan fingerprint density at radius 1 is 1.00 bits per heavy atom. The van der Waals surface area contributed by atoms with E-state index in [2.05, 4.69) is 20.7 Å². The summed E-state index contributed by atoms with van der Waals surface area (Å²) in [5.41, 5.74) is 0.316. The zero-order valence-corrected chi connectivity index (χ0v) is 13.7. The van der Waals surface area contributed by atoms with Gasteiger partial charge >= 0.3 is 0 Å². The van der Waals surface area contributed by atoms with E-state index in [1.807, 2.05) is 0 Å². The Labute approximate surface area is 133 Å². The van der Waals surface area contributed by atoms with E-state index in [9.17, 15) is 17.2 Å². The normalized spacial score (nSPS) is 11.6. The van der Waals surface area contributed by atoms with Crippen molar-refractivity contribution in [3.8, 4) is 0 Å². The number of anilines is 1. The number of benzene rings is 2. The first-order valence-electron chi connectivity index (χ1n) is 5.70. The molecule has 0 saturated heterocycles. The smallest absolute Gasteiger partial charge is 0.280 e. The maximum Gasteiger partial charge on any atom is 0.288 e. The molecular weight excluding hydrogens is 384 g/mol. The number of alkyl halides is 2. The van der Waals surface area contributed by atoms with Crippen molar-refractivity contribution < 1.29 is 17.2 Å². The molecule has 0 unspecified atom stereocenters. The van der Waals surface area contributed by atoms with Gasteiger partial charge in [0.1, 0.15) is 0 Å². The average Bonchev–Trinajstić information content (AvgIpc) is 2.40. The van der Waals surface area contributed by atoms with E-state index in [1.165, 1.54) is 36.4 Å². The Bertz CT molecular complexity index is 704. The highest BCUT2D eigenvalue weighted by atomic mass is 79.9. The minimum atomic E-state index is -3.69. The molecule has 0 spiro atoms. The Kier molecular flexibility index (Phi) is 5.23. The molecule has 112 valence electrons. The van der Waals surface area contributed by atoms with Gasteiger partial charge in [0.15, 0.2) is 0 Å². The van der Waals surface area contributed by atoms with Crippen molar-refractivity contribution in [3.05, 3.63) is 53.0 Å². The molecule has 0 fully saturated rings. The van der Waals surface area contributed by atoms with Crippen LogP contribution in [0.15, 0.2) is 62.8 Å². The van der Waals surface area contributed by atoms with Crippen LogP contribution in [0.5, 0.6) is 0 Å². The summed E-state index contributed by atoms with van der Waals surface area (Å²) >= 11 is 3.64. The topological polar surface area (TPSA) is 46.2 Å². The van der Waals surface area contributed by atoms with Crippen molar-refractivity contribution >= 4 is 43.4 Å². The predicted octanol–water partition coefficient (Wildman–Crippen LogP) is 4.56. The summed E-state index contributed by atoms with van der Waals surface area (Å²) in [6, 6.07) is 11.9. The summed E-state index contributed by atoms with van der Waals surface area (Å²) in [5, 5.41) is 0. The average molecular weight is 394 g/mol. The molecule has 2 rings (SSSR count). The van der Waals surface area contributed by atoms with Crippen molar-refractivity contribution in [1.29, 1.82) is 0 Å². The Morgan fingerprint density at radius 3 is 2.10 bits per heavy atom. The summed E-state index contributed by atoms with van der Waals surface area (Å²) in [5.74, 6) is -2.50. The Balaban J connectivity index is 2.15. The molecule has 0 saturated carbocycles. The number of thioether (sulfide) groups is 1. The van der Waals surface area contributed by atoms with Crippen molar-refractivity contribution in [1.82, 2.24) is 0 Å². The standard InChI is InChI=1S/C13H10BrF2NO2S2/c14-9-1-7-12(8-2-9)21(18,19)17-10-3-5-11(6-4-10)20-13(15)16/h1-8,13,17H. The van der Waals surface area contributed by atoms with Crippen LogP contribution in [0.25, 0.3) is 0 Å². The van der Waals surface area contributed by atoms with Crippen LogP contribution in [-0.2, 0) is 10.0 Å². The van der Waals surface area contributed by atoms with Gasteiger partial charge in [0.05, 0.1) is 4.90 Å². The monoisotopic (exact) mass is 393 g/mol. The van der Waals surface area contributed by atoms with Crippen molar-refractivity contribution in [2.24, 2.45) is 0 Å². The molecule has 3 nitrogen and oxygen atoms in total. The fraction of sp³-hybridized carbons (Fsp3) is 0.0769. The second-order valence-electron chi connectivity index (χ2n) is 3.96. The van der Waals surface area contributed by atoms with Gasteiger partial charge in [-0.3, -0.25) is 4.72 Å². The van der Waals surface area contributed by atoms with Crippen LogP contribution >= 0.6 is 27.7 Å². The van der Waals surface area contributed by atoms with Crippen LogP contribution in [0.4, 0.5) is 14.5 Å². The van der Waals surface area contributed by atoms with Crippen LogP contribution in [0.3, 0.4) is 0 Å². The minimum absolute atomic E-state index is 0.122. The van der Waals surface area contributed by atoms with Gasteiger partial charge in [0, 0.05) is 15.1 Å². The highest BCUT2D eigenvalue weighted by Gasteiger charge is 2.14. The molecule has 0 aliphatic heterocycles. The Hall–Kier alpha value is -1.12. The summed E-state index contributed by atoms with van der Waals surface area (Å²) in [6.45, 7) is 0. The minimum Gasteiger partial charge on any atom is -0.280 e. The molecule has 0 aromatic heterocycles. The first-order chi connectivity index (χ1) is 9.87. The van der Waals surface area contributed by atoms with E-state index in [1.54, 1.807) is 12.1 Å². The van der Waals surface area contributed by atoms with E-state index in [-0.39, 0.29) is 4.90 Å². The first-order valence-corrected chi connectivity index (χ1v) is 8.86. The maximum atomic E-state index is 12.2. The van der Waals surface area contributed by atoms with Crippen LogP contribution in [0.2, 0.25) is 0 Å². The molecule has 0 heterocycles. The molecule has 0 amide bonds. The van der Waals surface area contributed by atoms with Crippen LogP contribution in [-0.4, -0.2) is 14.2 Å². The summed E-state index contributed by atoms with van der Waals surface area (Å²) in [6.07, 6.45) is 0. The lowest BCUT2D eigenvalue weighted by Crippen LogP contribution is -2.12. The first kappa shape index (κ1) is 16.3. The van der Waals surface area contributed by atoms with Gasteiger partial charge < -0.3 is 0 Å². The lowest BCUT2D eigenvalue weighted by molar-refractivity contribution is 0.252. The van der Waals surface area contributed by atoms with Gasteiger partial charge in [0.2, 0.25) is 0 Å². The predicted molar refractivity (Wildman–Crippen MR) is 83.3 cm³/mol. The van der Waals surface area contributed by atoms with E-state index in [0.717, 1.165) is 4.47 Å². The lowest BCUT2D eigenvalue weighted by atomic mass is 10.3. The molecule has 0 bridgehead atoms. The van der Waals surface area contributed by atoms with Gasteiger partial charge in [-0.15, -0.1) is 0 Å². The van der Waals surface area contributed by atoms with E-state index >= 15 is 0 Å². The maximum absolute atomic E-state index is 12.2. The largest absolute Gasteiger partial charge is 0.288 e. The summed E-state index contributed by atoms with van der Waals surface area (Å²) < 4.78 is 51.8. The van der Waals surface area contributed by atoms with E-state index in [4.69, 9.17) is 0 Å². The SMILES string of the molecule is O=S(=O)(Nc1ccc(SC(F)F)cc1)c1ccc(Br)cc1. The fourth-order valence-corrected chi connectivity index (χ4v) is 3.35. The number of hydrogen-bond donors (Lipinski definition) is 1. The quantitative estimate of drug-likeness (QED) is 0.757. The molecule has 21 heavy (non-hydrogen) atoms. The molecular formula is C13H10BrF2NO2S2. The van der Waals surface area contributed by atoms with Gasteiger partial charge in [0.25, 0.3) is 15.8 Å². The van der Waals surface area contributed by atoms with Crippen LogP contribution in [0.1, 0.15) is 0 Å². The van der Waals surface area contributed by atoms with Crippen molar-refractivity contribution in [2.45, 2.75) is 15.5 Å². The number of halogens is 3. The number of sulfonamides is 1. The van der Waals surface area contributed by atoms with E-state index in [0.29, 0.717) is 22.3 Å². The molecule has 2 aromatic rings. The molecule has 0 aliphatic rings. The fourth-order valence-electron chi connectivity index (χ4n) is 1.53. The molecule has 1 N–H and O–H groups in total. The molecule has 0 atom stereocenters. The molecule has 8 heteroatoms. The summed E-state index contributed by atoms with van der Waals surface area (Å²) in [7, 11) is -3.69. The van der Waals surface area contributed by atoms with Crippen LogP contribution < -0.4 is 4.72 Å². The second kappa shape index (κ2) is 6.76. The molecule has 2 aromatic carbocycles. The third-order valence-electron chi connectivity index (χ3n) is 2.46. The zero-order chi connectivity index (χ0) is 15.5. The Morgan fingerprint density at radius 2 is 1.57 bits per heavy atom. The third kappa shape index (κ3) is 4.69. The zero-order valence-electron chi connectivity index (χ0n) is 10.5. The van der Waals surface area contributed by atoms with Crippen molar-refractivity contribution in [2.75, 3.05) is 4.72 Å². The van der Waals surface area contributed by atoms with Gasteiger partial charge in [-0.25, -0.2) is 8.42 Å². The molecule has 0 radical (unpaired) electrons. The highest BCUT2D eigenvalue weighted by molar-refractivity contribution is 9.10. The van der Waals surface area contributed by atoms with Gasteiger partial charge in [-0.2, -0.15) is 8.78 Å². The number of hydrogen-bond acceptors (Lipinski definition) is 3. The molecule has 0 aliphatic carbocycles. The lowest BCUT2D eigenvalue weighted by Gasteiger charge is -2.09. The number of nitrogens with one attached hydrogen (secondary N) is 1. The number of rotatable bonds is 5. The van der Waals surface area contributed by atoms with Crippen molar-refractivity contribution in [3.63, 3.8) is 0 Å².